The molecule has 1 aliphatic heterocycles. The molecule has 84 valence electrons. The highest BCUT2D eigenvalue weighted by molar-refractivity contribution is 6.01. The average Bonchev–Trinajstić information content (AvgIpc) is 2.98. The molecule has 2 aliphatic rings. The number of rotatable bonds is 0. The maximum absolute atomic E-state index is 12.1. The number of fused-ring (bicyclic) bond motifs is 1. The van der Waals surface area contributed by atoms with Gasteiger partial charge in [-0.1, -0.05) is 6.07 Å². The second kappa shape index (κ2) is 3.00. The molecule has 1 saturated carbocycles. The Balaban J connectivity index is 2.06. The molecule has 0 aromatic heterocycles. The maximum atomic E-state index is 12.1. The zero-order valence-corrected chi connectivity index (χ0v) is 9.71. The third-order valence-electron chi connectivity index (χ3n) is 3.69. The van der Waals surface area contributed by atoms with Crippen LogP contribution in [0.5, 0.6) is 0 Å². The standard InChI is InChI=1S/C13H16N2O/c1-9-3-4-11-10(7-9)14-12(16)13(5-6-13)8-15(11)2/h3-4,7H,5-6,8H2,1-2H3,(H,14,16). The zero-order chi connectivity index (χ0) is 11.3. The number of aryl methyl sites for hydroxylation is 1. The smallest absolute Gasteiger partial charge is 0.232 e. The quantitative estimate of drug-likeness (QED) is 0.720. The van der Waals surface area contributed by atoms with Gasteiger partial charge in [-0.2, -0.15) is 0 Å². The van der Waals surface area contributed by atoms with E-state index < -0.39 is 0 Å². The number of hydrogen-bond acceptors (Lipinski definition) is 2. The zero-order valence-electron chi connectivity index (χ0n) is 9.71. The summed E-state index contributed by atoms with van der Waals surface area (Å²) in [4.78, 5) is 14.3. The molecular formula is C13H16N2O. The number of nitrogens with zero attached hydrogens (tertiary/aromatic N) is 1. The van der Waals surface area contributed by atoms with Gasteiger partial charge in [-0.3, -0.25) is 4.79 Å². The van der Waals surface area contributed by atoms with Gasteiger partial charge in [0.25, 0.3) is 0 Å². The van der Waals surface area contributed by atoms with E-state index in [9.17, 15) is 4.79 Å². The topological polar surface area (TPSA) is 32.3 Å². The Morgan fingerprint density at radius 1 is 1.38 bits per heavy atom. The molecular weight excluding hydrogens is 200 g/mol. The lowest BCUT2D eigenvalue weighted by Crippen LogP contribution is -2.31. The lowest BCUT2D eigenvalue weighted by molar-refractivity contribution is -0.120. The summed E-state index contributed by atoms with van der Waals surface area (Å²) < 4.78 is 0. The van der Waals surface area contributed by atoms with Gasteiger partial charge in [-0.25, -0.2) is 0 Å². The Morgan fingerprint density at radius 3 is 2.81 bits per heavy atom. The molecule has 16 heavy (non-hydrogen) atoms. The van der Waals surface area contributed by atoms with Crippen molar-refractivity contribution in [3.05, 3.63) is 23.8 Å². The van der Waals surface area contributed by atoms with Crippen LogP contribution in [-0.2, 0) is 4.79 Å². The van der Waals surface area contributed by atoms with Gasteiger partial charge in [-0.05, 0) is 37.5 Å². The minimum atomic E-state index is -0.109. The molecule has 0 atom stereocenters. The van der Waals surface area contributed by atoms with Crippen molar-refractivity contribution in [1.29, 1.82) is 0 Å². The molecule has 1 amide bonds. The maximum Gasteiger partial charge on any atom is 0.232 e. The van der Waals surface area contributed by atoms with Crippen molar-refractivity contribution in [2.75, 3.05) is 23.8 Å². The molecule has 0 unspecified atom stereocenters. The third-order valence-corrected chi connectivity index (χ3v) is 3.69. The van der Waals surface area contributed by atoms with Crippen LogP contribution in [0.15, 0.2) is 18.2 Å². The van der Waals surface area contributed by atoms with E-state index in [1.165, 1.54) is 5.56 Å². The van der Waals surface area contributed by atoms with Crippen LogP contribution >= 0.6 is 0 Å². The predicted molar refractivity (Wildman–Crippen MR) is 64.7 cm³/mol. The molecule has 1 heterocycles. The highest BCUT2D eigenvalue weighted by Gasteiger charge is 2.51. The molecule has 1 fully saturated rings. The summed E-state index contributed by atoms with van der Waals surface area (Å²) in [6.07, 6.45) is 2.05. The first-order valence-corrected chi connectivity index (χ1v) is 5.74. The Labute approximate surface area is 95.4 Å². The summed E-state index contributed by atoms with van der Waals surface area (Å²) in [5.74, 6) is 0.198. The van der Waals surface area contributed by atoms with Crippen LogP contribution in [0.25, 0.3) is 0 Å². The van der Waals surface area contributed by atoms with Crippen LogP contribution in [0.3, 0.4) is 0 Å². The summed E-state index contributed by atoms with van der Waals surface area (Å²) >= 11 is 0. The third kappa shape index (κ3) is 1.31. The first-order chi connectivity index (χ1) is 7.61. The summed E-state index contributed by atoms with van der Waals surface area (Å²) in [6, 6.07) is 6.23. The molecule has 1 spiro atoms. The minimum Gasteiger partial charge on any atom is -0.372 e. The molecule has 1 aliphatic carbocycles. The fraction of sp³-hybridized carbons (Fsp3) is 0.462. The van der Waals surface area contributed by atoms with Crippen LogP contribution in [0.2, 0.25) is 0 Å². The monoisotopic (exact) mass is 216 g/mol. The number of nitrogens with one attached hydrogen (secondary N) is 1. The lowest BCUT2D eigenvalue weighted by Gasteiger charge is -2.21. The number of anilines is 2. The Bertz CT molecular complexity index is 463. The normalized spacial score (nSPS) is 21.4. The largest absolute Gasteiger partial charge is 0.372 e. The summed E-state index contributed by atoms with van der Waals surface area (Å²) in [5, 5.41) is 3.07. The van der Waals surface area contributed by atoms with Crippen molar-refractivity contribution in [2.24, 2.45) is 5.41 Å². The lowest BCUT2D eigenvalue weighted by atomic mass is 10.1. The van der Waals surface area contributed by atoms with Crippen LogP contribution < -0.4 is 10.2 Å². The highest BCUT2D eigenvalue weighted by Crippen LogP contribution is 2.49. The van der Waals surface area contributed by atoms with Crippen LogP contribution in [0, 0.1) is 12.3 Å². The molecule has 1 N–H and O–H groups in total. The Kier molecular flexibility index (Phi) is 1.82. The van der Waals surface area contributed by atoms with E-state index >= 15 is 0 Å². The van der Waals surface area contributed by atoms with Crippen molar-refractivity contribution in [2.45, 2.75) is 19.8 Å². The highest BCUT2D eigenvalue weighted by atomic mass is 16.2. The van der Waals surface area contributed by atoms with E-state index in [0.29, 0.717) is 0 Å². The molecule has 0 radical (unpaired) electrons. The fourth-order valence-corrected chi connectivity index (χ4v) is 2.48. The first kappa shape index (κ1) is 9.70. The van der Waals surface area contributed by atoms with E-state index in [4.69, 9.17) is 0 Å². The van der Waals surface area contributed by atoms with Gasteiger partial charge in [0.15, 0.2) is 0 Å². The SMILES string of the molecule is Cc1ccc2c(c1)NC(=O)C1(CC1)CN2C. The Hall–Kier alpha value is -1.51. The van der Waals surface area contributed by atoms with Gasteiger partial charge in [0, 0.05) is 13.6 Å². The average molecular weight is 216 g/mol. The van der Waals surface area contributed by atoms with Gasteiger partial charge in [0.05, 0.1) is 16.8 Å². The summed E-state index contributed by atoms with van der Waals surface area (Å²) in [6.45, 7) is 2.89. The van der Waals surface area contributed by atoms with E-state index in [0.717, 1.165) is 30.8 Å². The number of benzene rings is 1. The number of carbonyl (C=O) groups excluding carboxylic acids is 1. The molecule has 3 rings (SSSR count). The molecule has 3 nitrogen and oxygen atoms in total. The van der Waals surface area contributed by atoms with E-state index in [-0.39, 0.29) is 11.3 Å². The molecule has 1 aromatic carbocycles. The van der Waals surface area contributed by atoms with Crippen molar-refractivity contribution in [3.63, 3.8) is 0 Å². The van der Waals surface area contributed by atoms with Crippen molar-refractivity contribution < 1.29 is 4.79 Å². The minimum absolute atomic E-state index is 0.109. The second-order valence-corrected chi connectivity index (χ2v) is 5.11. The predicted octanol–water partition coefficient (Wildman–Crippen LogP) is 2.16. The van der Waals surface area contributed by atoms with Crippen LogP contribution in [0.1, 0.15) is 18.4 Å². The van der Waals surface area contributed by atoms with E-state index in [1.54, 1.807) is 0 Å². The van der Waals surface area contributed by atoms with E-state index in [2.05, 4.69) is 29.4 Å². The number of carbonyl (C=O) groups is 1. The molecule has 1 aromatic rings. The Morgan fingerprint density at radius 2 is 2.12 bits per heavy atom. The first-order valence-electron chi connectivity index (χ1n) is 5.74. The van der Waals surface area contributed by atoms with Crippen molar-refractivity contribution >= 4 is 17.3 Å². The van der Waals surface area contributed by atoms with Crippen LogP contribution in [-0.4, -0.2) is 19.5 Å². The molecule has 0 saturated heterocycles. The van der Waals surface area contributed by atoms with Crippen molar-refractivity contribution in [1.82, 2.24) is 0 Å². The second-order valence-electron chi connectivity index (χ2n) is 5.11. The van der Waals surface area contributed by atoms with Crippen molar-refractivity contribution in [3.8, 4) is 0 Å². The van der Waals surface area contributed by atoms with Gasteiger partial charge in [-0.15, -0.1) is 0 Å². The van der Waals surface area contributed by atoms with E-state index in [1.807, 2.05) is 13.0 Å². The van der Waals surface area contributed by atoms with Gasteiger partial charge >= 0.3 is 0 Å². The van der Waals surface area contributed by atoms with Gasteiger partial charge < -0.3 is 10.2 Å². The number of amides is 1. The summed E-state index contributed by atoms with van der Waals surface area (Å²) in [7, 11) is 2.06. The van der Waals surface area contributed by atoms with Gasteiger partial charge in [0.1, 0.15) is 0 Å². The van der Waals surface area contributed by atoms with Crippen LogP contribution in [0.4, 0.5) is 11.4 Å². The number of hydrogen-bond donors (Lipinski definition) is 1. The fourth-order valence-electron chi connectivity index (χ4n) is 2.48. The van der Waals surface area contributed by atoms with Gasteiger partial charge in [0.2, 0.25) is 5.91 Å². The summed E-state index contributed by atoms with van der Waals surface area (Å²) in [5.41, 5.74) is 3.15. The molecule has 0 bridgehead atoms. The molecule has 3 heteroatoms.